The maximum atomic E-state index is 12.5. The van der Waals surface area contributed by atoms with E-state index in [1.165, 1.54) is 17.3 Å². The molecule has 0 spiro atoms. The number of piperidine rings is 1. The Kier molecular flexibility index (Phi) is 7.70. The van der Waals surface area contributed by atoms with Crippen molar-refractivity contribution in [3.05, 3.63) is 58.1 Å². The van der Waals surface area contributed by atoms with Crippen LogP contribution in [0.15, 0.2) is 42.5 Å². The zero-order chi connectivity index (χ0) is 21.8. The van der Waals surface area contributed by atoms with Gasteiger partial charge in [0.1, 0.15) is 5.75 Å². The number of amides is 1. The summed E-state index contributed by atoms with van der Waals surface area (Å²) in [5, 5.41) is 1.95. The summed E-state index contributed by atoms with van der Waals surface area (Å²) in [4.78, 5) is 16.9. The molecular weight excluding hydrogens is 451 g/mol. The Hall–Kier alpha value is -1.40. The molecule has 2 aliphatic rings. The molecule has 2 aromatic carbocycles. The van der Waals surface area contributed by atoms with Gasteiger partial charge in [-0.25, -0.2) is 0 Å². The SMILES string of the molecule is CCOc1ccc(Cl)c(CC2CCN(CC3CN(c4ccc(Cl)cc4)C(=O)S3)CC2)c1. The predicted octanol–water partition coefficient (Wildman–Crippen LogP) is 6.39. The number of likely N-dealkylation sites (tertiary alicyclic amines) is 1. The van der Waals surface area contributed by atoms with Crippen molar-refractivity contribution in [3.63, 3.8) is 0 Å². The number of ether oxygens (including phenoxy) is 1. The lowest BCUT2D eigenvalue weighted by atomic mass is 9.90. The molecule has 0 radical (unpaired) electrons. The number of hydrogen-bond acceptors (Lipinski definition) is 4. The Labute approximate surface area is 198 Å². The molecule has 0 saturated carbocycles. The van der Waals surface area contributed by atoms with Gasteiger partial charge in [0.15, 0.2) is 0 Å². The molecule has 0 bridgehead atoms. The Morgan fingerprint density at radius 1 is 1.10 bits per heavy atom. The molecule has 0 N–H and O–H groups in total. The van der Waals surface area contributed by atoms with Crippen molar-refractivity contribution in [2.75, 3.05) is 37.7 Å². The smallest absolute Gasteiger partial charge is 0.286 e. The fourth-order valence-electron chi connectivity index (χ4n) is 4.38. The minimum atomic E-state index is 0.131. The van der Waals surface area contributed by atoms with Gasteiger partial charge in [-0.3, -0.25) is 4.79 Å². The third kappa shape index (κ3) is 5.89. The molecule has 0 aliphatic carbocycles. The van der Waals surface area contributed by atoms with Crippen LogP contribution in [0.25, 0.3) is 0 Å². The van der Waals surface area contributed by atoms with Crippen LogP contribution in [-0.4, -0.2) is 48.2 Å². The Balaban J connectivity index is 1.26. The zero-order valence-corrected chi connectivity index (χ0v) is 20.1. The molecule has 2 heterocycles. The van der Waals surface area contributed by atoms with Gasteiger partial charge in [-0.2, -0.15) is 0 Å². The Morgan fingerprint density at radius 3 is 2.55 bits per heavy atom. The van der Waals surface area contributed by atoms with Gasteiger partial charge in [0.25, 0.3) is 5.24 Å². The fraction of sp³-hybridized carbons (Fsp3) is 0.458. The Morgan fingerprint density at radius 2 is 1.84 bits per heavy atom. The molecule has 1 amide bonds. The van der Waals surface area contributed by atoms with E-state index in [-0.39, 0.29) is 5.24 Å². The topological polar surface area (TPSA) is 32.8 Å². The van der Waals surface area contributed by atoms with Crippen LogP contribution in [-0.2, 0) is 6.42 Å². The molecule has 0 aromatic heterocycles. The van der Waals surface area contributed by atoms with Gasteiger partial charge < -0.3 is 14.5 Å². The molecule has 7 heteroatoms. The van der Waals surface area contributed by atoms with Gasteiger partial charge in [0.2, 0.25) is 0 Å². The number of rotatable bonds is 7. The highest BCUT2D eigenvalue weighted by Crippen LogP contribution is 2.33. The van der Waals surface area contributed by atoms with Crippen LogP contribution in [0.3, 0.4) is 0 Å². The van der Waals surface area contributed by atoms with E-state index in [0.717, 1.165) is 61.9 Å². The van der Waals surface area contributed by atoms with Gasteiger partial charge in [-0.05, 0) is 93.2 Å². The van der Waals surface area contributed by atoms with Crippen molar-refractivity contribution in [3.8, 4) is 5.75 Å². The number of anilines is 1. The van der Waals surface area contributed by atoms with E-state index in [2.05, 4.69) is 11.0 Å². The van der Waals surface area contributed by atoms with Crippen molar-refractivity contribution in [2.24, 2.45) is 5.92 Å². The third-order valence-electron chi connectivity index (χ3n) is 6.02. The second-order valence-corrected chi connectivity index (χ2v) is 10.3. The predicted molar refractivity (Wildman–Crippen MR) is 131 cm³/mol. The first-order chi connectivity index (χ1) is 15.0. The van der Waals surface area contributed by atoms with E-state index in [1.807, 2.05) is 48.2 Å². The summed E-state index contributed by atoms with van der Waals surface area (Å²) in [5.41, 5.74) is 2.11. The Bertz CT molecular complexity index is 901. The first-order valence-corrected chi connectivity index (χ1v) is 12.5. The number of nitrogens with zero attached hydrogens (tertiary/aromatic N) is 2. The van der Waals surface area contributed by atoms with Gasteiger partial charge in [-0.1, -0.05) is 35.0 Å². The summed E-state index contributed by atoms with van der Waals surface area (Å²) in [5.74, 6) is 1.53. The molecule has 4 rings (SSSR count). The monoisotopic (exact) mass is 478 g/mol. The fourth-order valence-corrected chi connectivity index (χ4v) is 5.81. The lowest BCUT2D eigenvalue weighted by Gasteiger charge is -2.33. The maximum absolute atomic E-state index is 12.5. The average Bonchev–Trinajstić information content (AvgIpc) is 3.12. The molecule has 2 saturated heterocycles. The molecule has 2 fully saturated rings. The number of benzene rings is 2. The van der Waals surface area contributed by atoms with Crippen LogP contribution in [0.4, 0.5) is 10.5 Å². The second-order valence-electron chi connectivity index (χ2n) is 8.23. The molecule has 2 aliphatic heterocycles. The molecular formula is C24H28Cl2N2O2S. The molecule has 4 nitrogen and oxygen atoms in total. The molecule has 2 aromatic rings. The molecule has 1 unspecified atom stereocenters. The van der Waals surface area contributed by atoms with Crippen molar-refractivity contribution < 1.29 is 9.53 Å². The number of halogens is 2. The van der Waals surface area contributed by atoms with E-state index >= 15 is 0 Å². The lowest BCUT2D eigenvalue weighted by molar-refractivity contribution is 0.185. The van der Waals surface area contributed by atoms with Crippen LogP contribution in [0.5, 0.6) is 5.75 Å². The lowest BCUT2D eigenvalue weighted by Crippen LogP contribution is -2.39. The molecule has 31 heavy (non-hydrogen) atoms. The number of carbonyl (C=O) groups is 1. The number of carbonyl (C=O) groups excluding carboxylic acids is 1. The van der Waals surface area contributed by atoms with E-state index < -0.39 is 0 Å². The maximum Gasteiger partial charge on any atom is 0.286 e. The first-order valence-electron chi connectivity index (χ1n) is 10.9. The van der Waals surface area contributed by atoms with Crippen molar-refractivity contribution >= 4 is 45.9 Å². The van der Waals surface area contributed by atoms with Crippen molar-refractivity contribution in [1.29, 1.82) is 0 Å². The van der Waals surface area contributed by atoms with Gasteiger partial charge >= 0.3 is 0 Å². The van der Waals surface area contributed by atoms with Crippen LogP contribution < -0.4 is 9.64 Å². The van der Waals surface area contributed by atoms with Crippen LogP contribution in [0.2, 0.25) is 10.0 Å². The largest absolute Gasteiger partial charge is 0.494 e. The van der Waals surface area contributed by atoms with Crippen LogP contribution in [0.1, 0.15) is 25.3 Å². The summed E-state index contributed by atoms with van der Waals surface area (Å²) in [6.45, 7) is 6.50. The first kappa shape index (κ1) is 22.8. The summed E-state index contributed by atoms with van der Waals surface area (Å²) in [7, 11) is 0. The van der Waals surface area contributed by atoms with E-state index in [9.17, 15) is 4.79 Å². The highest BCUT2D eigenvalue weighted by molar-refractivity contribution is 8.14. The minimum Gasteiger partial charge on any atom is -0.494 e. The third-order valence-corrected chi connectivity index (χ3v) is 7.69. The van der Waals surface area contributed by atoms with Crippen molar-refractivity contribution in [1.82, 2.24) is 4.90 Å². The second kappa shape index (κ2) is 10.5. The minimum absolute atomic E-state index is 0.131. The van der Waals surface area contributed by atoms with Gasteiger partial charge in [0.05, 0.1) is 6.61 Å². The highest BCUT2D eigenvalue weighted by atomic mass is 35.5. The standard InChI is InChI=1S/C24H28Cl2N2O2S/c1-2-30-21-7-8-23(26)18(14-21)13-17-9-11-27(12-10-17)15-22-16-28(24(29)31-22)20-5-3-19(25)4-6-20/h3-8,14,17,22H,2,9-13,15-16H2,1H3. The van der Waals surface area contributed by atoms with Crippen molar-refractivity contribution in [2.45, 2.75) is 31.4 Å². The zero-order valence-electron chi connectivity index (χ0n) is 17.7. The van der Waals surface area contributed by atoms with Gasteiger partial charge in [-0.15, -0.1) is 0 Å². The van der Waals surface area contributed by atoms with Gasteiger partial charge in [0, 0.05) is 34.1 Å². The van der Waals surface area contributed by atoms with E-state index in [1.54, 1.807) is 0 Å². The van der Waals surface area contributed by atoms with E-state index in [4.69, 9.17) is 27.9 Å². The van der Waals surface area contributed by atoms with Crippen LogP contribution in [0, 0.1) is 5.92 Å². The number of hydrogen-bond donors (Lipinski definition) is 0. The summed E-state index contributed by atoms with van der Waals surface area (Å²) in [6.07, 6.45) is 3.30. The summed E-state index contributed by atoms with van der Waals surface area (Å²) in [6, 6.07) is 13.5. The summed E-state index contributed by atoms with van der Waals surface area (Å²) < 4.78 is 5.63. The normalized spacial score (nSPS) is 20.4. The highest BCUT2D eigenvalue weighted by Gasteiger charge is 2.33. The van der Waals surface area contributed by atoms with E-state index in [0.29, 0.717) is 22.8 Å². The average molecular weight is 479 g/mol. The quantitative estimate of drug-likeness (QED) is 0.461. The number of thioether (sulfide) groups is 1. The van der Waals surface area contributed by atoms with Crippen LogP contribution >= 0.6 is 35.0 Å². The molecule has 166 valence electrons. The molecule has 1 atom stereocenters. The summed E-state index contributed by atoms with van der Waals surface area (Å²) >= 11 is 13.9.